The predicted molar refractivity (Wildman–Crippen MR) is 63.8 cm³/mol. The van der Waals surface area contributed by atoms with Gasteiger partial charge >= 0.3 is 6.03 Å². The molecular weight excluding hydrogens is 204 g/mol. The number of benzene rings is 1. The van der Waals surface area contributed by atoms with Crippen molar-refractivity contribution in [3.8, 4) is 5.75 Å². The van der Waals surface area contributed by atoms with Crippen LogP contribution in [0.5, 0.6) is 5.75 Å². The number of aryl methyl sites for hydroxylation is 1. The number of ether oxygens (including phenoxy) is 1. The second-order valence-electron chi connectivity index (χ2n) is 3.46. The molecule has 0 fully saturated rings. The average Bonchev–Trinajstić information content (AvgIpc) is 2.34. The van der Waals surface area contributed by atoms with E-state index in [9.17, 15) is 4.79 Å². The third-order valence-electron chi connectivity index (χ3n) is 2.29. The zero-order chi connectivity index (χ0) is 11.8. The van der Waals surface area contributed by atoms with Gasteiger partial charge in [-0.1, -0.05) is 12.1 Å². The maximum absolute atomic E-state index is 10.9. The summed E-state index contributed by atoms with van der Waals surface area (Å²) in [5.74, 6) is 0.872. The number of hydrogen-bond donors (Lipinski definition) is 2. The Kier molecular flexibility index (Phi) is 5.19. The molecule has 0 heterocycles. The molecule has 0 aromatic heterocycles. The van der Waals surface area contributed by atoms with Gasteiger partial charge in [0.05, 0.1) is 7.11 Å². The lowest BCUT2D eigenvalue weighted by Gasteiger charge is -2.05. The van der Waals surface area contributed by atoms with E-state index in [1.54, 1.807) is 14.2 Å². The van der Waals surface area contributed by atoms with Crippen molar-refractivity contribution in [2.45, 2.75) is 12.8 Å². The van der Waals surface area contributed by atoms with E-state index in [0.717, 1.165) is 18.6 Å². The summed E-state index contributed by atoms with van der Waals surface area (Å²) in [5.41, 5.74) is 1.22. The number of carbonyl (C=O) groups is 1. The van der Waals surface area contributed by atoms with E-state index >= 15 is 0 Å². The number of nitrogens with one attached hydrogen (secondary N) is 2. The molecule has 0 aliphatic heterocycles. The highest BCUT2D eigenvalue weighted by atomic mass is 16.5. The van der Waals surface area contributed by atoms with Crippen LogP contribution < -0.4 is 15.4 Å². The molecular formula is C12H18N2O2. The van der Waals surface area contributed by atoms with E-state index in [2.05, 4.69) is 16.7 Å². The smallest absolute Gasteiger partial charge is 0.314 e. The average molecular weight is 222 g/mol. The Hall–Kier alpha value is -1.71. The molecule has 0 saturated carbocycles. The molecule has 1 aromatic rings. The molecule has 1 aromatic carbocycles. The minimum absolute atomic E-state index is 0.134. The van der Waals surface area contributed by atoms with Gasteiger partial charge in [0.2, 0.25) is 0 Å². The molecule has 4 heteroatoms. The van der Waals surface area contributed by atoms with Crippen molar-refractivity contribution in [2.24, 2.45) is 0 Å². The van der Waals surface area contributed by atoms with Gasteiger partial charge in [0.1, 0.15) is 5.75 Å². The SMILES string of the molecule is CNC(=O)NCCCc1cccc(OC)c1. The molecule has 0 saturated heterocycles. The van der Waals surface area contributed by atoms with Crippen LogP contribution in [0.4, 0.5) is 4.79 Å². The largest absolute Gasteiger partial charge is 0.497 e. The molecule has 2 N–H and O–H groups in total. The van der Waals surface area contributed by atoms with Crippen LogP contribution in [0, 0.1) is 0 Å². The summed E-state index contributed by atoms with van der Waals surface area (Å²) >= 11 is 0. The topological polar surface area (TPSA) is 50.4 Å². The van der Waals surface area contributed by atoms with Gasteiger partial charge in [0.25, 0.3) is 0 Å². The highest BCUT2D eigenvalue weighted by molar-refractivity contribution is 5.73. The maximum Gasteiger partial charge on any atom is 0.314 e. The summed E-state index contributed by atoms with van der Waals surface area (Å²) < 4.78 is 5.14. The molecule has 88 valence electrons. The summed E-state index contributed by atoms with van der Waals surface area (Å²) in [5, 5.41) is 5.26. The first kappa shape index (κ1) is 12.4. The maximum atomic E-state index is 10.9. The molecule has 0 aliphatic rings. The quantitative estimate of drug-likeness (QED) is 0.743. The van der Waals surface area contributed by atoms with Crippen molar-refractivity contribution < 1.29 is 9.53 Å². The minimum atomic E-state index is -0.134. The normalized spacial score (nSPS) is 9.62. The Morgan fingerprint density at radius 1 is 1.44 bits per heavy atom. The lowest BCUT2D eigenvalue weighted by Crippen LogP contribution is -2.33. The van der Waals surface area contributed by atoms with Crippen molar-refractivity contribution in [1.29, 1.82) is 0 Å². The first-order valence-corrected chi connectivity index (χ1v) is 5.34. The number of urea groups is 1. The molecule has 0 aliphatic carbocycles. The van der Waals surface area contributed by atoms with Crippen LogP contribution in [-0.2, 0) is 6.42 Å². The van der Waals surface area contributed by atoms with Crippen LogP contribution >= 0.6 is 0 Å². The van der Waals surface area contributed by atoms with Crippen LogP contribution in [0.15, 0.2) is 24.3 Å². The number of methoxy groups -OCH3 is 1. The fourth-order valence-corrected chi connectivity index (χ4v) is 1.41. The van der Waals surface area contributed by atoms with Gasteiger partial charge in [-0.3, -0.25) is 0 Å². The number of hydrogen-bond acceptors (Lipinski definition) is 2. The third kappa shape index (κ3) is 4.21. The number of amides is 2. The molecule has 0 atom stereocenters. The molecule has 2 amide bonds. The van der Waals surface area contributed by atoms with Crippen molar-refractivity contribution >= 4 is 6.03 Å². The lowest BCUT2D eigenvalue weighted by molar-refractivity contribution is 0.243. The van der Waals surface area contributed by atoms with Crippen LogP contribution in [0.1, 0.15) is 12.0 Å². The van der Waals surface area contributed by atoms with Gasteiger partial charge in [-0.15, -0.1) is 0 Å². The molecule has 16 heavy (non-hydrogen) atoms. The standard InChI is InChI=1S/C12H18N2O2/c1-13-12(15)14-8-4-6-10-5-3-7-11(9-10)16-2/h3,5,7,9H,4,6,8H2,1-2H3,(H2,13,14,15). The fraction of sp³-hybridized carbons (Fsp3) is 0.417. The highest BCUT2D eigenvalue weighted by Crippen LogP contribution is 2.13. The summed E-state index contributed by atoms with van der Waals surface area (Å²) in [6.45, 7) is 0.677. The van der Waals surface area contributed by atoms with Crippen molar-refractivity contribution in [3.63, 3.8) is 0 Å². The molecule has 0 spiro atoms. The van der Waals surface area contributed by atoms with E-state index in [1.165, 1.54) is 5.56 Å². The molecule has 0 bridgehead atoms. The van der Waals surface area contributed by atoms with Crippen molar-refractivity contribution in [1.82, 2.24) is 10.6 Å². The van der Waals surface area contributed by atoms with Crippen molar-refractivity contribution in [2.75, 3.05) is 20.7 Å². The van der Waals surface area contributed by atoms with E-state index < -0.39 is 0 Å². The molecule has 0 unspecified atom stereocenters. The van der Waals surface area contributed by atoms with Crippen molar-refractivity contribution in [3.05, 3.63) is 29.8 Å². The first-order chi connectivity index (χ1) is 7.76. The third-order valence-corrected chi connectivity index (χ3v) is 2.29. The fourth-order valence-electron chi connectivity index (χ4n) is 1.41. The zero-order valence-electron chi connectivity index (χ0n) is 9.75. The second-order valence-corrected chi connectivity index (χ2v) is 3.46. The van der Waals surface area contributed by atoms with Gasteiger partial charge in [-0.25, -0.2) is 4.79 Å². The molecule has 4 nitrogen and oxygen atoms in total. The second kappa shape index (κ2) is 6.71. The Bertz CT molecular complexity index is 340. The van der Waals surface area contributed by atoms with E-state index in [4.69, 9.17) is 4.74 Å². The lowest BCUT2D eigenvalue weighted by atomic mass is 10.1. The van der Waals surface area contributed by atoms with E-state index in [0.29, 0.717) is 6.54 Å². The van der Waals surface area contributed by atoms with E-state index in [1.807, 2.05) is 18.2 Å². The van der Waals surface area contributed by atoms with Crippen LogP contribution in [-0.4, -0.2) is 26.7 Å². The summed E-state index contributed by atoms with van der Waals surface area (Å²) in [6, 6.07) is 7.83. The van der Waals surface area contributed by atoms with Gasteiger partial charge in [0.15, 0.2) is 0 Å². The Labute approximate surface area is 96.0 Å². The minimum Gasteiger partial charge on any atom is -0.497 e. The summed E-state index contributed by atoms with van der Waals surface area (Å²) in [4.78, 5) is 10.9. The summed E-state index contributed by atoms with van der Waals surface area (Å²) in [6.07, 6.45) is 1.85. The first-order valence-electron chi connectivity index (χ1n) is 5.34. The molecule has 1 rings (SSSR count). The van der Waals surface area contributed by atoms with Gasteiger partial charge < -0.3 is 15.4 Å². The Morgan fingerprint density at radius 2 is 2.25 bits per heavy atom. The van der Waals surface area contributed by atoms with E-state index in [-0.39, 0.29) is 6.03 Å². The Morgan fingerprint density at radius 3 is 2.94 bits per heavy atom. The van der Waals surface area contributed by atoms with Gasteiger partial charge in [-0.05, 0) is 30.5 Å². The van der Waals surface area contributed by atoms with Gasteiger partial charge in [0, 0.05) is 13.6 Å². The zero-order valence-corrected chi connectivity index (χ0v) is 9.75. The number of rotatable bonds is 5. The van der Waals surface area contributed by atoms with Gasteiger partial charge in [-0.2, -0.15) is 0 Å². The Balaban J connectivity index is 2.28. The van der Waals surface area contributed by atoms with Crippen LogP contribution in [0.2, 0.25) is 0 Å². The number of carbonyl (C=O) groups excluding carboxylic acids is 1. The summed E-state index contributed by atoms with van der Waals surface area (Å²) in [7, 11) is 3.27. The molecule has 0 radical (unpaired) electrons. The highest BCUT2D eigenvalue weighted by Gasteiger charge is 1.97. The van der Waals surface area contributed by atoms with Crippen LogP contribution in [0.3, 0.4) is 0 Å². The monoisotopic (exact) mass is 222 g/mol. The van der Waals surface area contributed by atoms with Crippen LogP contribution in [0.25, 0.3) is 0 Å². The predicted octanol–water partition coefficient (Wildman–Crippen LogP) is 1.56.